The van der Waals surface area contributed by atoms with Gasteiger partial charge in [0.25, 0.3) is 5.91 Å². The highest BCUT2D eigenvalue weighted by atomic mass is 32.1. The number of halogens is 1. The number of ether oxygens (including phenoxy) is 1. The Morgan fingerprint density at radius 3 is 2.79 bits per heavy atom. The van der Waals surface area contributed by atoms with Gasteiger partial charge >= 0.3 is 0 Å². The second-order valence-corrected chi connectivity index (χ2v) is 4.98. The summed E-state index contributed by atoms with van der Waals surface area (Å²) in [5.41, 5.74) is 5.49. The van der Waals surface area contributed by atoms with E-state index in [0.717, 1.165) is 12.8 Å². The molecule has 102 valence electrons. The minimum absolute atomic E-state index is 0.119. The molecule has 19 heavy (non-hydrogen) atoms. The standard InChI is InChI=1S/C13H15FN2O2S/c1-18-9-4-2-3-8(14)10(9)13(17)16-11(12(15)19)7-5-6-7/h2-4,7,11H,5-6H2,1H3,(H2,15,19)(H,16,17). The summed E-state index contributed by atoms with van der Waals surface area (Å²) in [5, 5.41) is 2.69. The van der Waals surface area contributed by atoms with Crippen LogP contribution in [0.3, 0.4) is 0 Å². The van der Waals surface area contributed by atoms with Crippen molar-refractivity contribution in [2.75, 3.05) is 7.11 Å². The van der Waals surface area contributed by atoms with Crippen LogP contribution in [0.4, 0.5) is 4.39 Å². The zero-order valence-electron chi connectivity index (χ0n) is 10.5. The average molecular weight is 282 g/mol. The number of methoxy groups -OCH3 is 1. The number of benzene rings is 1. The SMILES string of the molecule is COc1cccc(F)c1C(=O)NC(C(N)=S)C1CC1. The number of rotatable bonds is 5. The Kier molecular flexibility index (Phi) is 3.99. The fourth-order valence-corrected chi connectivity index (χ4v) is 2.21. The summed E-state index contributed by atoms with van der Waals surface area (Å²) in [6.45, 7) is 0. The molecule has 4 nitrogen and oxygen atoms in total. The molecule has 1 fully saturated rings. The van der Waals surface area contributed by atoms with Crippen molar-refractivity contribution in [1.29, 1.82) is 0 Å². The molecule has 0 spiro atoms. The van der Waals surface area contributed by atoms with Gasteiger partial charge in [0.15, 0.2) is 0 Å². The Hall–Kier alpha value is -1.69. The smallest absolute Gasteiger partial charge is 0.258 e. The van der Waals surface area contributed by atoms with E-state index < -0.39 is 11.7 Å². The molecule has 0 radical (unpaired) electrons. The van der Waals surface area contributed by atoms with Gasteiger partial charge in [-0.15, -0.1) is 0 Å². The lowest BCUT2D eigenvalue weighted by Crippen LogP contribution is -2.45. The van der Waals surface area contributed by atoms with Gasteiger partial charge in [-0.3, -0.25) is 4.79 Å². The van der Waals surface area contributed by atoms with E-state index in [4.69, 9.17) is 22.7 Å². The van der Waals surface area contributed by atoms with Crippen LogP contribution in [0.1, 0.15) is 23.2 Å². The lowest BCUT2D eigenvalue weighted by molar-refractivity contribution is 0.0936. The molecule has 1 atom stereocenters. The Morgan fingerprint density at radius 1 is 1.58 bits per heavy atom. The monoisotopic (exact) mass is 282 g/mol. The molecule has 0 aromatic heterocycles. The summed E-state index contributed by atoms with van der Waals surface area (Å²) in [7, 11) is 1.39. The highest BCUT2D eigenvalue weighted by Gasteiger charge is 2.35. The number of carbonyl (C=O) groups excluding carboxylic acids is 1. The third kappa shape index (κ3) is 3.01. The Labute approximate surface area is 116 Å². The maximum atomic E-state index is 13.8. The number of nitrogens with two attached hydrogens (primary N) is 1. The van der Waals surface area contributed by atoms with Crippen LogP contribution in [0.5, 0.6) is 5.75 Å². The molecule has 0 saturated heterocycles. The van der Waals surface area contributed by atoms with Gasteiger partial charge in [-0.05, 0) is 30.9 Å². The molecule has 1 aliphatic rings. The molecule has 6 heteroatoms. The fraction of sp³-hybridized carbons (Fsp3) is 0.385. The van der Waals surface area contributed by atoms with E-state index >= 15 is 0 Å². The Balaban J connectivity index is 2.22. The van der Waals surface area contributed by atoms with E-state index in [1.807, 2.05) is 0 Å². The van der Waals surface area contributed by atoms with Crippen molar-refractivity contribution in [3.63, 3.8) is 0 Å². The number of hydrogen-bond acceptors (Lipinski definition) is 3. The van der Waals surface area contributed by atoms with Crippen molar-refractivity contribution >= 4 is 23.1 Å². The third-order valence-corrected chi connectivity index (χ3v) is 3.36. The topological polar surface area (TPSA) is 64.3 Å². The average Bonchev–Trinajstić information content (AvgIpc) is 3.19. The molecule has 1 aromatic carbocycles. The molecule has 1 amide bonds. The summed E-state index contributed by atoms with van der Waals surface area (Å²) in [4.78, 5) is 12.4. The minimum atomic E-state index is -0.630. The lowest BCUT2D eigenvalue weighted by atomic mass is 10.1. The Morgan fingerprint density at radius 2 is 2.26 bits per heavy atom. The molecular weight excluding hydrogens is 267 g/mol. The number of hydrogen-bond donors (Lipinski definition) is 2. The van der Waals surface area contributed by atoms with Crippen molar-refractivity contribution < 1.29 is 13.9 Å². The van der Waals surface area contributed by atoms with Gasteiger partial charge in [-0.1, -0.05) is 18.3 Å². The van der Waals surface area contributed by atoms with E-state index in [9.17, 15) is 9.18 Å². The molecule has 1 aromatic rings. The zero-order chi connectivity index (χ0) is 14.0. The summed E-state index contributed by atoms with van der Waals surface area (Å²) in [6, 6.07) is 3.85. The largest absolute Gasteiger partial charge is 0.496 e. The van der Waals surface area contributed by atoms with E-state index in [-0.39, 0.29) is 28.3 Å². The first-order valence-electron chi connectivity index (χ1n) is 5.97. The van der Waals surface area contributed by atoms with Gasteiger partial charge in [0.1, 0.15) is 17.1 Å². The summed E-state index contributed by atoms with van der Waals surface area (Å²) < 4.78 is 18.8. The van der Waals surface area contributed by atoms with E-state index in [2.05, 4.69) is 5.32 Å². The maximum absolute atomic E-state index is 13.8. The van der Waals surface area contributed by atoms with Crippen LogP contribution in [-0.2, 0) is 0 Å². The van der Waals surface area contributed by atoms with Gasteiger partial charge in [-0.2, -0.15) is 0 Å². The van der Waals surface area contributed by atoms with E-state index in [1.165, 1.54) is 25.3 Å². The number of amides is 1. The second kappa shape index (κ2) is 5.52. The molecule has 0 bridgehead atoms. The number of thiocarbonyl (C=S) groups is 1. The van der Waals surface area contributed by atoms with Crippen LogP contribution >= 0.6 is 12.2 Å². The summed E-state index contributed by atoms with van der Waals surface area (Å²) in [5.74, 6) is -0.733. The third-order valence-electron chi connectivity index (χ3n) is 3.11. The molecule has 0 aliphatic heterocycles. The van der Waals surface area contributed by atoms with Gasteiger partial charge < -0.3 is 15.8 Å². The fourth-order valence-electron chi connectivity index (χ4n) is 1.96. The van der Waals surface area contributed by atoms with E-state index in [1.54, 1.807) is 0 Å². The van der Waals surface area contributed by atoms with E-state index in [0.29, 0.717) is 0 Å². The van der Waals surface area contributed by atoms with Crippen LogP contribution in [0.25, 0.3) is 0 Å². The summed E-state index contributed by atoms with van der Waals surface area (Å²) in [6.07, 6.45) is 1.94. The zero-order valence-corrected chi connectivity index (χ0v) is 11.3. The van der Waals surface area contributed by atoms with Gasteiger partial charge in [-0.25, -0.2) is 4.39 Å². The predicted molar refractivity (Wildman–Crippen MR) is 73.7 cm³/mol. The minimum Gasteiger partial charge on any atom is -0.496 e. The molecule has 3 N–H and O–H groups in total. The Bertz CT molecular complexity index is 517. The molecule has 2 rings (SSSR count). The molecule has 0 heterocycles. The maximum Gasteiger partial charge on any atom is 0.258 e. The molecular formula is C13H15FN2O2S. The van der Waals surface area contributed by atoms with Gasteiger partial charge in [0.05, 0.1) is 18.1 Å². The quantitative estimate of drug-likeness (QED) is 0.806. The predicted octanol–water partition coefficient (Wildman–Crippen LogP) is 1.63. The van der Waals surface area contributed by atoms with Crippen LogP contribution < -0.4 is 15.8 Å². The number of nitrogens with one attached hydrogen (secondary N) is 1. The van der Waals surface area contributed by atoms with Gasteiger partial charge in [0, 0.05) is 0 Å². The number of carbonyl (C=O) groups is 1. The highest BCUT2D eigenvalue weighted by Crippen LogP contribution is 2.33. The molecule has 1 saturated carbocycles. The van der Waals surface area contributed by atoms with Crippen molar-refractivity contribution in [2.45, 2.75) is 18.9 Å². The highest BCUT2D eigenvalue weighted by molar-refractivity contribution is 7.80. The van der Waals surface area contributed by atoms with Crippen LogP contribution in [-0.4, -0.2) is 24.0 Å². The van der Waals surface area contributed by atoms with Gasteiger partial charge in [0.2, 0.25) is 0 Å². The first-order valence-corrected chi connectivity index (χ1v) is 6.38. The molecule has 1 aliphatic carbocycles. The first kappa shape index (κ1) is 13.7. The van der Waals surface area contributed by atoms with Crippen LogP contribution in [0.2, 0.25) is 0 Å². The summed E-state index contributed by atoms with van der Waals surface area (Å²) >= 11 is 4.93. The van der Waals surface area contributed by atoms with Crippen LogP contribution in [0.15, 0.2) is 18.2 Å². The van der Waals surface area contributed by atoms with Crippen molar-refractivity contribution in [3.05, 3.63) is 29.6 Å². The second-order valence-electron chi connectivity index (χ2n) is 4.51. The normalized spacial score (nSPS) is 15.7. The van der Waals surface area contributed by atoms with Crippen molar-refractivity contribution in [1.82, 2.24) is 5.32 Å². The lowest BCUT2D eigenvalue weighted by Gasteiger charge is -2.18. The van der Waals surface area contributed by atoms with Crippen molar-refractivity contribution in [3.8, 4) is 5.75 Å². The van der Waals surface area contributed by atoms with Crippen LogP contribution in [0, 0.1) is 11.7 Å². The molecule has 1 unspecified atom stereocenters. The first-order chi connectivity index (χ1) is 9.04. The van der Waals surface area contributed by atoms with Crippen molar-refractivity contribution in [2.24, 2.45) is 11.7 Å².